The predicted molar refractivity (Wildman–Crippen MR) is 81.2 cm³/mol. The topological polar surface area (TPSA) is 12.0 Å². The summed E-state index contributed by atoms with van der Waals surface area (Å²) in [5, 5.41) is 3.44. The molecule has 0 fully saturated rings. The van der Waals surface area contributed by atoms with E-state index in [1.54, 1.807) is 0 Å². The van der Waals surface area contributed by atoms with Gasteiger partial charge in [0.15, 0.2) is 0 Å². The van der Waals surface area contributed by atoms with Crippen LogP contribution < -0.4 is 5.32 Å². The molecular weight excluding hydrogens is 238 g/mol. The fourth-order valence-electron chi connectivity index (χ4n) is 2.10. The van der Waals surface area contributed by atoms with Gasteiger partial charge in [-0.2, -0.15) is 0 Å². The summed E-state index contributed by atoms with van der Waals surface area (Å²) in [4.78, 5) is 2.75. The van der Waals surface area contributed by atoms with Gasteiger partial charge in [-0.05, 0) is 55.6 Å². The SMILES string of the molecule is CCCNCc1ccc(-c2ccc(C)s2)c(C)c1. The highest BCUT2D eigenvalue weighted by molar-refractivity contribution is 7.15. The second-order valence-corrected chi connectivity index (χ2v) is 6.02. The Balaban J connectivity index is 2.15. The highest BCUT2D eigenvalue weighted by atomic mass is 32.1. The molecule has 96 valence electrons. The van der Waals surface area contributed by atoms with Gasteiger partial charge in [-0.1, -0.05) is 25.1 Å². The number of thiophene rings is 1. The second-order valence-electron chi connectivity index (χ2n) is 4.74. The Labute approximate surface area is 114 Å². The third-order valence-electron chi connectivity index (χ3n) is 3.05. The zero-order valence-corrected chi connectivity index (χ0v) is 12.2. The lowest BCUT2D eigenvalue weighted by atomic mass is 10.0. The second kappa shape index (κ2) is 6.17. The molecule has 0 spiro atoms. The number of rotatable bonds is 5. The van der Waals surface area contributed by atoms with Gasteiger partial charge in [0, 0.05) is 16.3 Å². The van der Waals surface area contributed by atoms with Gasteiger partial charge in [0.25, 0.3) is 0 Å². The van der Waals surface area contributed by atoms with E-state index in [-0.39, 0.29) is 0 Å². The van der Waals surface area contributed by atoms with Gasteiger partial charge in [-0.3, -0.25) is 0 Å². The molecule has 0 aliphatic rings. The van der Waals surface area contributed by atoms with Crippen molar-refractivity contribution >= 4 is 11.3 Å². The molecule has 2 heteroatoms. The van der Waals surface area contributed by atoms with Gasteiger partial charge in [0.2, 0.25) is 0 Å². The zero-order valence-electron chi connectivity index (χ0n) is 11.4. The first-order chi connectivity index (χ1) is 8.70. The summed E-state index contributed by atoms with van der Waals surface area (Å²) in [6, 6.07) is 11.2. The lowest BCUT2D eigenvalue weighted by Gasteiger charge is -2.08. The quantitative estimate of drug-likeness (QED) is 0.778. The summed E-state index contributed by atoms with van der Waals surface area (Å²) in [7, 11) is 0. The van der Waals surface area contributed by atoms with Crippen molar-refractivity contribution in [3.63, 3.8) is 0 Å². The molecule has 0 aliphatic heterocycles. The van der Waals surface area contributed by atoms with Gasteiger partial charge in [0.1, 0.15) is 0 Å². The maximum Gasteiger partial charge on any atom is 0.0348 e. The summed E-state index contributed by atoms with van der Waals surface area (Å²) in [5.41, 5.74) is 4.11. The molecule has 0 saturated carbocycles. The largest absolute Gasteiger partial charge is 0.313 e. The Morgan fingerprint density at radius 1 is 1.11 bits per heavy atom. The van der Waals surface area contributed by atoms with Gasteiger partial charge < -0.3 is 5.32 Å². The van der Waals surface area contributed by atoms with E-state index in [1.807, 2.05) is 11.3 Å². The highest BCUT2D eigenvalue weighted by Gasteiger charge is 2.05. The first-order valence-corrected chi connectivity index (χ1v) is 7.39. The van der Waals surface area contributed by atoms with E-state index < -0.39 is 0 Å². The monoisotopic (exact) mass is 259 g/mol. The van der Waals surface area contributed by atoms with E-state index in [0.29, 0.717) is 0 Å². The Morgan fingerprint density at radius 2 is 1.94 bits per heavy atom. The van der Waals surface area contributed by atoms with E-state index in [0.717, 1.165) is 13.1 Å². The summed E-state index contributed by atoms with van der Waals surface area (Å²) < 4.78 is 0. The Bertz CT molecular complexity index is 514. The minimum atomic E-state index is 0.971. The molecule has 0 amide bonds. The number of hydrogen-bond donors (Lipinski definition) is 1. The van der Waals surface area contributed by atoms with Gasteiger partial charge in [-0.25, -0.2) is 0 Å². The number of benzene rings is 1. The molecule has 18 heavy (non-hydrogen) atoms. The fraction of sp³-hybridized carbons (Fsp3) is 0.375. The van der Waals surface area contributed by atoms with Gasteiger partial charge >= 0.3 is 0 Å². The zero-order chi connectivity index (χ0) is 13.0. The molecule has 1 nitrogen and oxygen atoms in total. The van der Waals surface area contributed by atoms with Crippen LogP contribution in [0.1, 0.15) is 29.3 Å². The van der Waals surface area contributed by atoms with Crippen LogP contribution in [-0.2, 0) is 6.54 Å². The summed E-state index contributed by atoms with van der Waals surface area (Å²) in [6.45, 7) is 8.62. The normalized spacial score (nSPS) is 10.8. The molecule has 1 aromatic heterocycles. The van der Waals surface area contributed by atoms with Crippen molar-refractivity contribution in [1.82, 2.24) is 5.32 Å². The van der Waals surface area contributed by atoms with Crippen LogP contribution in [0.15, 0.2) is 30.3 Å². The summed E-state index contributed by atoms with van der Waals surface area (Å²) >= 11 is 1.87. The van der Waals surface area contributed by atoms with Crippen molar-refractivity contribution in [2.24, 2.45) is 0 Å². The van der Waals surface area contributed by atoms with Crippen LogP contribution in [-0.4, -0.2) is 6.54 Å². The van der Waals surface area contributed by atoms with Crippen LogP contribution in [0.5, 0.6) is 0 Å². The van der Waals surface area contributed by atoms with E-state index >= 15 is 0 Å². The van der Waals surface area contributed by atoms with Gasteiger partial charge in [-0.15, -0.1) is 11.3 Å². The average Bonchev–Trinajstić information content (AvgIpc) is 2.76. The molecule has 0 aliphatic carbocycles. The van der Waals surface area contributed by atoms with Crippen LogP contribution >= 0.6 is 11.3 Å². The maximum absolute atomic E-state index is 3.44. The van der Waals surface area contributed by atoms with Crippen molar-refractivity contribution in [2.45, 2.75) is 33.7 Å². The third kappa shape index (κ3) is 3.21. The smallest absolute Gasteiger partial charge is 0.0348 e. The molecule has 0 unspecified atom stereocenters. The van der Waals surface area contributed by atoms with Crippen LogP contribution in [0.2, 0.25) is 0 Å². The minimum absolute atomic E-state index is 0.971. The molecule has 0 bridgehead atoms. The van der Waals surface area contributed by atoms with E-state index in [2.05, 4.69) is 56.4 Å². The number of nitrogens with one attached hydrogen (secondary N) is 1. The van der Waals surface area contributed by atoms with Crippen molar-refractivity contribution in [2.75, 3.05) is 6.54 Å². The number of hydrogen-bond acceptors (Lipinski definition) is 2. The van der Waals surface area contributed by atoms with E-state index in [4.69, 9.17) is 0 Å². The Kier molecular flexibility index (Phi) is 4.56. The first kappa shape index (κ1) is 13.3. The molecule has 0 atom stereocenters. The molecular formula is C16H21NS. The van der Waals surface area contributed by atoms with Crippen LogP contribution in [0.4, 0.5) is 0 Å². The molecule has 1 heterocycles. The molecule has 2 aromatic rings. The molecule has 2 rings (SSSR count). The van der Waals surface area contributed by atoms with Crippen molar-refractivity contribution in [3.05, 3.63) is 46.3 Å². The standard InChI is InChI=1S/C16H21NS/c1-4-9-17-11-14-6-7-15(12(2)10-14)16-8-5-13(3)18-16/h5-8,10,17H,4,9,11H2,1-3H3. The Hall–Kier alpha value is -1.12. The molecule has 1 aromatic carbocycles. The van der Waals surface area contributed by atoms with Crippen LogP contribution in [0.3, 0.4) is 0 Å². The third-order valence-corrected chi connectivity index (χ3v) is 4.09. The fourth-order valence-corrected chi connectivity index (χ4v) is 3.06. The predicted octanol–water partition coefficient (Wildman–Crippen LogP) is 4.53. The number of aryl methyl sites for hydroxylation is 2. The van der Waals surface area contributed by atoms with Crippen molar-refractivity contribution < 1.29 is 0 Å². The Morgan fingerprint density at radius 3 is 2.56 bits per heavy atom. The minimum Gasteiger partial charge on any atom is -0.313 e. The summed E-state index contributed by atoms with van der Waals surface area (Å²) in [5.74, 6) is 0. The first-order valence-electron chi connectivity index (χ1n) is 6.57. The van der Waals surface area contributed by atoms with Crippen LogP contribution in [0.25, 0.3) is 10.4 Å². The maximum atomic E-state index is 3.44. The highest BCUT2D eigenvalue weighted by Crippen LogP contribution is 2.30. The summed E-state index contributed by atoms with van der Waals surface area (Å²) in [6.07, 6.45) is 1.19. The molecule has 1 N–H and O–H groups in total. The van der Waals surface area contributed by atoms with E-state index in [9.17, 15) is 0 Å². The molecule has 0 radical (unpaired) electrons. The average molecular weight is 259 g/mol. The van der Waals surface area contributed by atoms with Gasteiger partial charge in [0.05, 0.1) is 0 Å². The lowest BCUT2D eigenvalue weighted by Crippen LogP contribution is -2.13. The van der Waals surface area contributed by atoms with E-state index in [1.165, 1.54) is 32.9 Å². The van der Waals surface area contributed by atoms with Crippen LogP contribution in [0, 0.1) is 13.8 Å². The van der Waals surface area contributed by atoms with Crippen molar-refractivity contribution in [1.29, 1.82) is 0 Å². The van der Waals surface area contributed by atoms with Crippen molar-refractivity contribution in [3.8, 4) is 10.4 Å². The lowest BCUT2D eigenvalue weighted by molar-refractivity contribution is 0.675. The molecule has 0 saturated heterocycles.